The highest BCUT2D eigenvalue weighted by Crippen LogP contribution is 2.26. The Balaban J connectivity index is 1.90. The van der Waals surface area contributed by atoms with Crippen LogP contribution in [0.4, 0.5) is 0 Å². The summed E-state index contributed by atoms with van der Waals surface area (Å²) in [6, 6.07) is 8.31. The van der Waals surface area contributed by atoms with Crippen molar-refractivity contribution in [2.45, 2.75) is 26.7 Å². The van der Waals surface area contributed by atoms with Gasteiger partial charge in [-0.3, -0.25) is 4.79 Å². The first kappa shape index (κ1) is 13.4. The van der Waals surface area contributed by atoms with Crippen LogP contribution in [0.1, 0.15) is 25.0 Å². The van der Waals surface area contributed by atoms with Crippen molar-refractivity contribution < 1.29 is 4.79 Å². The summed E-state index contributed by atoms with van der Waals surface area (Å²) < 4.78 is 0. The summed E-state index contributed by atoms with van der Waals surface area (Å²) in [6.07, 6.45) is 1.73. The number of nitrogens with one attached hydrogen (secondary N) is 1. The van der Waals surface area contributed by atoms with E-state index in [0.29, 0.717) is 12.4 Å². The number of carbonyl (C=O) groups is 1. The first-order valence-electron chi connectivity index (χ1n) is 6.42. The predicted molar refractivity (Wildman–Crippen MR) is 74.9 cm³/mol. The average Bonchev–Trinajstić information content (AvgIpc) is 2.80. The van der Waals surface area contributed by atoms with Gasteiger partial charge in [0.1, 0.15) is 0 Å². The van der Waals surface area contributed by atoms with Crippen molar-refractivity contribution in [1.82, 2.24) is 5.32 Å². The molecule has 0 aromatic heterocycles. The molecule has 1 aliphatic rings. The molecule has 18 heavy (non-hydrogen) atoms. The minimum absolute atomic E-state index is 0.0390. The molecular formula is C15H20ClNO. The quantitative estimate of drug-likeness (QED) is 0.834. The minimum Gasteiger partial charge on any atom is -0.355 e. The van der Waals surface area contributed by atoms with Gasteiger partial charge in [0, 0.05) is 18.3 Å². The molecule has 0 bridgehead atoms. The molecule has 2 rings (SSSR count). The third-order valence-electron chi connectivity index (χ3n) is 3.52. The zero-order chi connectivity index (χ0) is 13.2. The molecule has 0 fully saturated rings. The minimum atomic E-state index is -0.0390. The zero-order valence-corrected chi connectivity index (χ0v) is 11.8. The van der Waals surface area contributed by atoms with Crippen molar-refractivity contribution in [3.05, 3.63) is 35.4 Å². The van der Waals surface area contributed by atoms with Crippen molar-refractivity contribution in [2.24, 2.45) is 11.3 Å². The van der Waals surface area contributed by atoms with E-state index in [0.717, 1.165) is 12.8 Å². The summed E-state index contributed by atoms with van der Waals surface area (Å²) >= 11 is 5.86. The van der Waals surface area contributed by atoms with Crippen molar-refractivity contribution in [1.29, 1.82) is 0 Å². The van der Waals surface area contributed by atoms with Crippen LogP contribution in [-0.4, -0.2) is 18.3 Å². The van der Waals surface area contributed by atoms with Crippen molar-refractivity contribution >= 4 is 17.5 Å². The average molecular weight is 266 g/mol. The molecular weight excluding hydrogens is 246 g/mol. The molecule has 0 radical (unpaired) electrons. The fourth-order valence-electron chi connectivity index (χ4n) is 2.26. The largest absolute Gasteiger partial charge is 0.355 e. The van der Waals surface area contributed by atoms with E-state index in [9.17, 15) is 4.79 Å². The second-order valence-corrected chi connectivity index (χ2v) is 6.16. The topological polar surface area (TPSA) is 29.1 Å². The maximum atomic E-state index is 12.1. The lowest BCUT2D eigenvalue weighted by molar-refractivity contribution is -0.125. The molecule has 1 N–H and O–H groups in total. The van der Waals surface area contributed by atoms with Crippen LogP contribution in [0.25, 0.3) is 0 Å². The van der Waals surface area contributed by atoms with Gasteiger partial charge in [-0.1, -0.05) is 38.1 Å². The lowest BCUT2D eigenvalue weighted by Crippen LogP contribution is -2.38. The van der Waals surface area contributed by atoms with E-state index >= 15 is 0 Å². The number of halogens is 1. The van der Waals surface area contributed by atoms with Crippen LogP contribution in [0.5, 0.6) is 0 Å². The van der Waals surface area contributed by atoms with E-state index in [-0.39, 0.29) is 17.2 Å². The normalized spacial score (nSPS) is 15.5. The van der Waals surface area contributed by atoms with E-state index in [1.54, 1.807) is 0 Å². The lowest BCUT2D eigenvalue weighted by Gasteiger charge is -2.22. The number of hydrogen-bond acceptors (Lipinski definition) is 1. The molecule has 0 atom stereocenters. The molecule has 1 aromatic rings. The second-order valence-electron chi connectivity index (χ2n) is 5.89. The van der Waals surface area contributed by atoms with E-state index in [1.165, 1.54) is 11.1 Å². The third-order valence-corrected chi connectivity index (χ3v) is 4.25. The highest BCUT2D eigenvalue weighted by molar-refractivity contribution is 6.18. The molecule has 1 aliphatic carbocycles. The van der Waals surface area contributed by atoms with Crippen LogP contribution >= 0.6 is 11.6 Å². The maximum Gasteiger partial charge on any atom is 0.223 e. The van der Waals surface area contributed by atoms with Gasteiger partial charge in [-0.15, -0.1) is 11.6 Å². The van der Waals surface area contributed by atoms with Gasteiger partial charge in [-0.25, -0.2) is 0 Å². The molecule has 3 heteroatoms. The number of amides is 1. The highest BCUT2D eigenvalue weighted by atomic mass is 35.5. The predicted octanol–water partition coefficient (Wildman–Crippen LogP) is 2.78. The van der Waals surface area contributed by atoms with Crippen LogP contribution in [0, 0.1) is 11.3 Å². The third kappa shape index (κ3) is 3.05. The standard InChI is InChI=1S/C15H20ClNO/c1-15(2,9-16)10-17-14(18)13-7-11-5-3-4-6-12(11)8-13/h3-6,13H,7-10H2,1-2H3,(H,17,18). The maximum absolute atomic E-state index is 12.1. The number of fused-ring (bicyclic) bond motifs is 1. The Kier molecular flexibility index (Phi) is 3.96. The molecule has 1 aromatic carbocycles. The van der Waals surface area contributed by atoms with E-state index in [4.69, 9.17) is 11.6 Å². The Morgan fingerprint density at radius 2 is 1.89 bits per heavy atom. The molecule has 0 aliphatic heterocycles. The number of alkyl halides is 1. The Bertz CT molecular complexity index is 417. The van der Waals surface area contributed by atoms with Gasteiger partial charge in [0.15, 0.2) is 0 Å². The molecule has 0 spiro atoms. The first-order chi connectivity index (χ1) is 8.52. The molecule has 0 unspecified atom stereocenters. The summed E-state index contributed by atoms with van der Waals surface area (Å²) in [4.78, 5) is 12.1. The summed E-state index contributed by atoms with van der Waals surface area (Å²) in [5.74, 6) is 0.802. The van der Waals surface area contributed by atoms with Gasteiger partial charge < -0.3 is 5.32 Å². The van der Waals surface area contributed by atoms with Crippen molar-refractivity contribution in [2.75, 3.05) is 12.4 Å². The fourth-order valence-corrected chi connectivity index (χ4v) is 2.36. The van der Waals surface area contributed by atoms with Gasteiger partial charge in [0.25, 0.3) is 0 Å². The van der Waals surface area contributed by atoms with Gasteiger partial charge in [0.05, 0.1) is 0 Å². The smallest absolute Gasteiger partial charge is 0.223 e. The van der Waals surface area contributed by atoms with Crippen LogP contribution < -0.4 is 5.32 Å². The summed E-state index contributed by atoms with van der Waals surface area (Å²) in [5, 5.41) is 3.03. The Morgan fingerprint density at radius 3 is 2.39 bits per heavy atom. The van der Waals surface area contributed by atoms with Gasteiger partial charge in [-0.05, 0) is 29.4 Å². The molecule has 0 saturated carbocycles. The molecule has 1 amide bonds. The van der Waals surface area contributed by atoms with Crippen LogP contribution in [0.15, 0.2) is 24.3 Å². The monoisotopic (exact) mass is 265 g/mol. The summed E-state index contributed by atoms with van der Waals surface area (Å²) in [5.41, 5.74) is 2.59. The van der Waals surface area contributed by atoms with E-state index < -0.39 is 0 Å². The SMILES string of the molecule is CC(C)(CCl)CNC(=O)C1Cc2ccccc2C1. The Morgan fingerprint density at radius 1 is 1.33 bits per heavy atom. The molecule has 0 heterocycles. The molecule has 2 nitrogen and oxygen atoms in total. The lowest BCUT2D eigenvalue weighted by atomic mass is 9.96. The number of rotatable bonds is 4. The highest BCUT2D eigenvalue weighted by Gasteiger charge is 2.28. The number of carbonyl (C=O) groups excluding carboxylic acids is 1. The molecule has 98 valence electrons. The van der Waals surface area contributed by atoms with Gasteiger partial charge in [0.2, 0.25) is 5.91 Å². The van der Waals surface area contributed by atoms with E-state index in [2.05, 4.69) is 31.3 Å². The Labute approximate surface area is 114 Å². The fraction of sp³-hybridized carbons (Fsp3) is 0.533. The summed E-state index contributed by atoms with van der Waals surface area (Å²) in [6.45, 7) is 4.76. The van der Waals surface area contributed by atoms with Crippen molar-refractivity contribution in [3.63, 3.8) is 0 Å². The zero-order valence-electron chi connectivity index (χ0n) is 11.0. The van der Waals surface area contributed by atoms with Gasteiger partial charge >= 0.3 is 0 Å². The van der Waals surface area contributed by atoms with E-state index in [1.807, 2.05) is 12.1 Å². The number of hydrogen-bond donors (Lipinski definition) is 1. The number of benzene rings is 1. The van der Waals surface area contributed by atoms with Crippen LogP contribution in [0.2, 0.25) is 0 Å². The summed E-state index contributed by atoms with van der Waals surface area (Å²) in [7, 11) is 0. The molecule has 0 saturated heterocycles. The second kappa shape index (κ2) is 5.31. The van der Waals surface area contributed by atoms with Gasteiger partial charge in [-0.2, -0.15) is 0 Å². The Hall–Kier alpha value is -1.02. The van der Waals surface area contributed by atoms with Crippen LogP contribution in [0.3, 0.4) is 0 Å². The first-order valence-corrected chi connectivity index (χ1v) is 6.96. The van der Waals surface area contributed by atoms with Crippen molar-refractivity contribution in [3.8, 4) is 0 Å². The van der Waals surface area contributed by atoms with Crippen LogP contribution in [-0.2, 0) is 17.6 Å².